The summed E-state index contributed by atoms with van der Waals surface area (Å²) in [5, 5.41) is 30.6. The summed E-state index contributed by atoms with van der Waals surface area (Å²) >= 11 is 22.9. The molecule has 11 aromatic rings. The number of carbonyl (C=O) groups excluding carboxylic acids is 2. The SMILES string of the molecule is CC(C)(C(=O)Cl)c1ccc(Cl)cc1.CC(C)(C(=O)O)c1ccc(Cl)cc1.Cn1cc(-c2cc3c(-c4ccc(N)cc4)ncnn3c2)cn1.Cn1cc(-c2cc3c(-c4ccc(NC(=O)C(C)(C)c5ccc(Cl)cc5)cc4)ncnn3c2)cn1. The number of nitrogens with two attached hydrogens (primary N) is 1. The quantitative estimate of drug-likeness (QED) is 0.0820. The van der Waals surface area contributed by atoms with Crippen LogP contribution in [0.4, 0.5) is 11.4 Å². The number of hydrogen-bond acceptors (Lipinski definition) is 10. The Hall–Kier alpha value is -8.67. The van der Waals surface area contributed by atoms with Gasteiger partial charge >= 0.3 is 5.97 Å². The number of benzene rings is 5. The van der Waals surface area contributed by atoms with E-state index in [0.29, 0.717) is 20.8 Å². The molecule has 1 amide bonds. The first-order valence-electron chi connectivity index (χ1n) is 25.5. The molecule has 6 aromatic heterocycles. The number of aryl methyl sites for hydroxylation is 2. The van der Waals surface area contributed by atoms with Crippen molar-refractivity contribution in [2.45, 2.75) is 57.8 Å². The molecule has 0 aliphatic rings. The van der Waals surface area contributed by atoms with Crippen molar-refractivity contribution in [3.8, 4) is 44.8 Å². The van der Waals surface area contributed by atoms with Gasteiger partial charge in [0.25, 0.3) is 0 Å². The number of aromatic nitrogens is 10. The topological polar surface area (TPSA) is 206 Å². The maximum Gasteiger partial charge on any atom is 0.313 e. The first kappa shape index (κ1) is 59.5. The van der Waals surface area contributed by atoms with Gasteiger partial charge in [-0.25, -0.2) is 19.0 Å². The predicted octanol–water partition coefficient (Wildman–Crippen LogP) is 13.8. The average molecular weight is 1180 g/mol. The number of carboxylic acids is 1. The Morgan fingerprint density at radius 2 is 0.866 bits per heavy atom. The highest BCUT2D eigenvalue weighted by molar-refractivity contribution is 6.65. The second-order valence-electron chi connectivity index (χ2n) is 20.8. The van der Waals surface area contributed by atoms with E-state index in [2.05, 4.69) is 47.8 Å². The van der Waals surface area contributed by atoms with Crippen LogP contribution in [0, 0.1) is 0 Å². The lowest BCUT2D eigenvalue weighted by atomic mass is 9.83. The van der Waals surface area contributed by atoms with Gasteiger partial charge in [0, 0.05) is 98.7 Å². The van der Waals surface area contributed by atoms with E-state index in [1.807, 2.05) is 147 Å². The monoisotopic (exact) mass is 1170 g/mol. The first-order valence-corrected chi connectivity index (χ1v) is 27.1. The van der Waals surface area contributed by atoms with Crippen LogP contribution in [-0.4, -0.2) is 71.0 Å². The molecule has 0 radical (unpaired) electrons. The number of carboxylic acid groups (broad SMARTS) is 1. The van der Waals surface area contributed by atoms with E-state index in [1.54, 1.807) is 98.2 Å². The maximum absolute atomic E-state index is 13.0. The lowest BCUT2D eigenvalue weighted by molar-refractivity contribution is -0.142. The molecule has 0 unspecified atom stereocenters. The van der Waals surface area contributed by atoms with Gasteiger partial charge in [0.2, 0.25) is 11.1 Å². The molecule has 6 heterocycles. The van der Waals surface area contributed by atoms with Crippen molar-refractivity contribution in [1.82, 2.24) is 48.8 Å². The Kier molecular flexibility index (Phi) is 18.1. The van der Waals surface area contributed by atoms with Crippen LogP contribution in [0.5, 0.6) is 0 Å². The van der Waals surface area contributed by atoms with Gasteiger partial charge in [-0.1, -0.05) is 95.5 Å². The molecule has 0 spiro atoms. The number of nitrogens with zero attached hydrogens (tertiary/aromatic N) is 10. The molecule has 20 heteroatoms. The Bertz CT molecular complexity index is 3950. The minimum Gasteiger partial charge on any atom is -0.481 e. The highest BCUT2D eigenvalue weighted by Crippen LogP contribution is 2.33. The van der Waals surface area contributed by atoms with Crippen molar-refractivity contribution in [2.75, 3.05) is 11.1 Å². The summed E-state index contributed by atoms with van der Waals surface area (Å²) in [6.45, 7) is 10.7. The number of hydrogen-bond donors (Lipinski definition) is 3. The number of rotatable bonds is 11. The molecule has 418 valence electrons. The molecule has 0 atom stereocenters. The third kappa shape index (κ3) is 13.9. The van der Waals surface area contributed by atoms with E-state index in [0.717, 1.165) is 78.2 Å². The van der Waals surface area contributed by atoms with Crippen LogP contribution < -0.4 is 11.1 Å². The molecule has 0 aliphatic heterocycles. The zero-order chi connectivity index (χ0) is 59.1. The number of aliphatic carboxylic acids is 1. The largest absolute Gasteiger partial charge is 0.481 e. The highest BCUT2D eigenvalue weighted by Gasteiger charge is 2.31. The predicted molar refractivity (Wildman–Crippen MR) is 326 cm³/mol. The number of nitrogen functional groups attached to an aromatic ring is 1. The molecule has 0 fully saturated rings. The Morgan fingerprint density at radius 3 is 1.23 bits per heavy atom. The van der Waals surface area contributed by atoms with Crippen LogP contribution in [0.25, 0.3) is 55.8 Å². The zero-order valence-electron chi connectivity index (χ0n) is 46.1. The smallest absolute Gasteiger partial charge is 0.313 e. The molecule has 0 saturated heterocycles. The number of anilines is 2. The average Bonchev–Trinajstić information content (AvgIpc) is 4.47. The molecule has 16 nitrogen and oxygen atoms in total. The van der Waals surface area contributed by atoms with Crippen molar-refractivity contribution >= 4 is 85.9 Å². The Morgan fingerprint density at radius 1 is 0.488 bits per heavy atom. The molecular weight excluding hydrogens is 1120 g/mol. The fourth-order valence-corrected chi connectivity index (χ4v) is 8.86. The normalized spacial score (nSPS) is 11.4. The van der Waals surface area contributed by atoms with E-state index >= 15 is 0 Å². The lowest BCUT2D eigenvalue weighted by Crippen LogP contribution is -2.34. The number of nitrogens with one attached hydrogen (secondary N) is 1. The fourth-order valence-electron chi connectivity index (χ4n) is 8.37. The Balaban J connectivity index is 0.000000157. The van der Waals surface area contributed by atoms with Crippen LogP contribution in [-0.2, 0) is 44.7 Å². The summed E-state index contributed by atoms with van der Waals surface area (Å²) < 4.78 is 7.20. The molecule has 82 heavy (non-hydrogen) atoms. The maximum atomic E-state index is 13.0. The van der Waals surface area contributed by atoms with E-state index in [1.165, 1.54) is 0 Å². The number of amides is 1. The number of halogens is 4. The zero-order valence-corrected chi connectivity index (χ0v) is 49.1. The standard InChI is InChI=1S/C26H23ClN6O.C16H14N6.C10H10Cl2O.C10H11ClO2/c1-26(2,20-6-8-21(27)9-7-20)25(34)31-22-10-4-17(5-11-22)24-23-12-18(15-33(23)30-16-28-24)19-13-29-32(3)14-19;1-21-8-13(7-19-21)12-6-15-16(18-10-20-22(15)9-12)11-2-4-14(17)5-3-11;2*1-10(2,9(12)13)7-3-5-8(11)6-4-7/h4-16H,1-3H3,(H,31,34);2-10H,17H2,1H3;3-6H,1-2H3;3-6H,1-2H3,(H,12,13). The summed E-state index contributed by atoms with van der Waals surface area (Å²) in [5.74, 6) is -0.936. The van der Waals surface area contributed by atoms with Gasteiger partial charge in [0.1, 0.15) is 12.7 Å². The first-order chi connectivity index (χ1) is 38.9. The van der Waals surface area contributed by atoms with Crippen LogP contribution >= 0.6 is 46.4 Å². The van der Waals surface area contributed by atoms with Gasteiger partial charge in [-0.15, -0.1) is 0 Å². The third-order valence-electron chi connectivity index (χ3n) is 13.8. The van der Waals surface area contributed by atoms with Gasteiger partial charge in [-0.2, -0.15) is 20.4 Å². The molecule has 4 N–H and O–H groups in total. The Labute approximate surface area is 494 Å². The van der Waals surface area contributed by atoms with E-state index in [-0.39, 0.29) is 11.1 Å². The van der Waals surface area contributed by atoms with Gasteiger partial charge in [-0.3, -0.25) is 23.7 Å². The van der Waals surface area contributed by atoms with E-state index < -0.39 is 22.2 Å². The van der Waals surface area contributed by atoms with Gasteiger partial charge < -0.3 is 16.2 Å². The summed E-state index contributed by atoms with van der Waals surface area (Å²) in [4.78, 5) is 43.9. The van der Waals surface area contributed by atoms with Crippen LogP contribution in [0.15, 0.2) is 183 Å². The summed E-state index contributed by atoms with van der Waals surface area (Å²) in [6, 6.07) is 40.8. The summed E-state index contributed by atoms with van der Waals surface area (Å²) in [7, 11) is 3.79. The summed E-state index contributed by atoms with van der Waals surface area (Å²) in [6.07, 6.45) is 14.6. The molecule has 0 saturated carbocycles. The lowest BCUT2D eigenvalue weighted by Gasteiger charge is -2.24. The van der Waals surface area contributed by atoms with Crippen molar-refractivity contribution in [3.05, 3.63) is 215 Å². The molecule has 11 rings (SSSR count). The van der Waals surface area contributed by atoms with E-state index in [4.69, 9.17) is 57.2 Å². The summed E-state index contributed by atoms with van der Waals surface area (Å²) in [5.41, 5.74) is 17.1. The number of carbonyl (C=O) groups is 3. The molecule has 5 aromatic carbocycles. The highest BCUT2D eigenvalue weighted by atomic mass is 35.5. The number of fused-ring (bicyclic) bond motifs is 2. The minimum atomic E-state index is -0.857. The minimum absolute atomic E-state index is 0.0975. The van der Waals surface area contributed by atoms with Gasteiger partial charge in [0.05, 0.1) is 51.1 Å². The molecular formula is C62H58Cl4N12O4. The van der Waals surface area contributed by atoms with Gasteiger partial charge in [-0.05, 0) is 143 Å². The fraction of sp³-hybridized carbons (Fsp3) is 0.177. The van der Waals surface area contributed by atoms with Crippen LogP contribution in [0.1, 0.15) is 58.2 Å². The van der Waals surface area contributed by atoms with E-state index in [9.17, 15) is 14.4 Å². The van der Waals surface area contributed by atoms with Crippen LogP contribution in [0.2, 0.25) is 15.1 Å². The van der Waals surface area contributed by atoms with Crippen molar-refractivity contribution in [3.63, 3.8) is 0 Å². The molecule has 0 aliphatic carbocycles. The van der Waals surface area contributed by atoms with Gasteiger partial charge in [0.15, 0.2) is 0 Å². The third-order valence-corrected chi connectivity index (χ3v) is 15.0. The van der Waals surface area contributed by atoms with Crippen molar-refractivity contribution in [2.24, 2.45) is 14.1 Å². The van der Waals surface area contributed by atoms with Crippen molar-refractivity contribution in [1.29, 1.82) is 0 Å². The van der Waals surface area contributed by atoms with Crippen LogP contribution in [0.3, 0.4) is 0 Å². The molecule has 0 bridgehead atoms. The second kappa shape index (κ2) is 25.0. The van der Waals surface area contributed by atoms with Crippen molar-refractivity contribution < 1.29 is 19.5 Å². The second-order valence-corrected chi connectivity index (χ2v) is 22.4.